The molecule has 0 aromatic heterocycles. The van der Waals surface area contributed by atoms with Gasteiger partial charge in [-0.1, -0.05) is 6.07 Å². The van der Waals surface area contributed by atoms with E-state index in [1.165, 1.54) is 11.1 Å². The van der Waals surface area contributed by atoms with Crippen molar-refractivity contribution in [3.8, 4) is 17.6 Å². The fraction of sp³-hybridized carbons (Fsp3) is 0.231. The molecule has 6 nitrogen and oxygen atoms in total. The van der Waals surface area contributed by atoms with Crippen molar-refractivity contribution in [3.63, 3.8) is 0 Å². The van der Waals surface area contributed by atoms with Crippen LogP contribution in [0.4, 0.5) is 11.4 Å². The largest absolute Gasteiger partial charge is 0.497 e. The van der Waals surface area contributed by atoms with E-state index in [1.807, 2.05) is 36.4 Å². The quantitative estimate of drug-likeness (QED) is 0.377. The monoisotopic (exact) mass is 426 g/mol. The molecule has 0 bridgehead atoms. The molecule has 162 valence electrons. The van der Waals surface area contributed by atoms with Crippen LogP contribution >= 0.6 is 0 Å². The molecule has 0 aliphatic heterocycles. The Labute approximate surface area is 188 Å². The molecule has 0 spiro atoms. The predicted octanol–water partition coefficient (Wildman–Crippen LogP) is 5.06. The highest BCUT2D eigenvalue weighted by Gasteiger charge is 2.21. The summed E-state index contributed by atoms with van der Waals surface area (Å²) in [6, 6.07) is 19.3. The van der Waals surface area contributed by atoms with E-state index in [0.29, 0.717) is 39.6 Å². The fourth-order valence-corrected chi connectivity index (χ4v) is 4.20. The summed E-state index contributed by atoms with van der Waals surface area (Å²) in [6.45, 7) is 0. The van der Waals surface area contributed by atoms with Crippen molar-refractivity contribution < 1.29 is 9.47 Å². The van der Waals surface area contributed by atoms with E-state index >= 15 is 0 Å². The molecular formula is C26H26N4O2. The summed E-state index contributed by atoms with van der Waals surface area (Å²) in [5.41, 5.74) is 12.4. The topological polar surface area (TPSA) is 104 Å². The first-order valence-corrected chi connectivity index (χ1v) is 10.5. The summed E-state index contributed by atoms with van der Waals surface area (Å²) in [6.07, 6.45) is 3.04. The van der Waals surface area contributed by atoms with Gasteiger partial charge in [0.25, 0.3) is 0 Å². The van der Waals surface area contributed by atoms with Crippen molar-refractivity contribution in [2.24, 2.45) is 0 Å². The Kier molecular flexibility index (Phi) is 6.00. The van der Waals surface area contributed by atoms with Crippen LogP contribution in [0.5, 0.6) is 11.5 Å². The Bertz CT molecular complexity index is 1190. The lowest BCUT2D eigenvalue weighted by atomic mass is 9.86. The minimum Gasteiger partial charge on any atom is -0.497 e. The highest BCUT2D eigenvalue weighted by molar-refractivity contribution is 6.14. The SMILES string of the molecule is COc1cc(OC)cc(C(=N)c2cc(NC3CCCc4cc(C#N)ccc43)ccc2N)c1. The number of hydrogen-bond donors (Lipinski definition) is 3. The minimum absolute atomic E-state index is 0.147. The highest BCUT2D eigenvalue weighted by atomic mass is 16.5. The molecule has 32 heavy (non-hydrogen) atoms. The van der Waals surface area contributed by atoms with Crippen molar-refractivity contribution in [1.82, 2.24) is 0 Å². The Hall–Kier alpha value is -3.98. The molecule has 1 unspecified atom stereocenters. The van der Waals surface area contributed by atoms with Gasteiger partial charge in [0, 0.05) is 28.6 Å². The Morgan fingerprint density at radius 1 is 1.06 bits per heavy atom. The van der Waals surface area contributed by atoms with Crippen LogP contribution in [-0.4, -0.2) is 19.9 Å². The fourth-order valence-electron chi connectivity index (χ4n) is 4.20. The van der Waals surface area contributed by atoms with Crippen LogP contribution in [0.1, 0.15) is 46.7 Å². The Morgan fingerprint density at radius 2 is 1.81 bits per heavy atom. The molecule has 3 aromatic rings. The third-order valence-electron chi connectivity index (χ3n) is 5.89. The van der Waals surface area contributed by atoms with E-state index in [1.54, 1.807) is 32.4 Å². The van der Waals surface area contributed by atoms with Gasteiger partial charge in [-0.25, -0.2) is 0 Å². The lowest BCUT2D eigenvalue weighted by molar-refractivity contribution is 0.394. The number of aryl methyl sites for hydroxylation is 1. The van der Waals surface area contributed by atoms with Crippen LogP contribution in [0.25, 0.3) is 0 Å². The van der Waals surface area contributed by atoms with Crippen LogP contribution in [-0.2, 0) is 6.42 Å². The zero-order valence-corrected chi connectivity index (χ0v) is 18.2. The van der Waals surface area contributed by atoms with Gasteiger partial charge in [0.05, 0.1) is 37.6 Å². The first-order valence-electron chi connectivity index (χ1n) is 10.5. The molecule has 1 atom stereocenters. The van der Waals surface area contributed by atoms with Crippen molar-refractivity contribution in [2.45, 2.75) is 25.3 Å². The normalized spacial score (nSPS) is 14.7. The van der Waals surface area contributed by atoms with Gasteiger partial charge < -0.3 is 20.5 Å². The number of nitriles is 1. The van der Waals surface area contributed by atoms with Gasteiger partial charge in [-0.05, 0) is 72.9 Å². The zero-order chi connectivity index (χ0) is 22.7. The molecule has 1 aliphatic rings. The summed E-state index contributed by atoms with van der Waals surface area (Å²) in [5.74, 6) is 1.24. The molecule has 4 N–H and O–H groups in total. The summed E-state index contributed by atoms with van der Waals surface area (Å²) < 4.78 is 10.7. The molecule has 0 heterocycles. The number of nitrogens with zero attached hydrogens (tertiary/aromatic N) is 1. The number of fused-ring (bicyclic) bond motifs is 1. The minimum atomic E-state index is 0.147. The Balaban J connectivity index is 1.63. The second-order valence-electron chi connectivity index (χ2n) is 7.89. The molecule has 1 aliphatic carbocycles. The van der Waals surface area contributed by atoms with Crippen LogP contribution in [0.3, 0.4) is 0 Å². The number of anilines is 2. The van der Waals surface area contributed by atoms with E-state index in [-0.39, 0.29) is 6.04 Å². The summed E-state index contributed by atoms with van der Waals surface area (Å²) >= 11 is 0. The van der Waals surface area contributed by atoms with Gasteiger partial charge >= 0.3 is 0 Å². The lowest BCUT2D eigenvalue weighted by Gasteiger charge is -2.28. The maximum absolute atomic E-state index is 9.20. The van der Waals surface area contributed by atoms with Crippen LogP contribution in [0.2, 0.25) is 0 Å². The molecule has 0 saturated carbocycles. The maximum Gasteiger partial charge on any atom is 0.123 e. The third kappa shape index (κ3) is 4.23. The average Bonchev–Trinajstić information content (AvgIpc) is 2.84. The number of methoxy groups -OCH3 is 2. The molecule has 0 radical (unpaired) electrons. The summed E-state index contributed by atoms with van der Waals surface area (Å²) in [5, 5.41) is 21.6. The van der Waals surface area contributed by atoms with E-state index in [2.05, 4.69) is 11.4 Å². The van der Waals surface area contributed by atoms with Gasteiger partial charge in [-0.3, -0.25) is 5.41 Å². The van der Waals surface area contributed by atoms with Gasteiger partial charge in [-0.15, -0.1) is 0 Å². The average molecular weight is 427 g/mol. The predicted molar refractivity (Wildman–Crippen MR) is 127 cm³/mol. The molecule has 0 amide bonds. The smallest absolute Gasteiger partial charge is 0.123 e. The van der Waals surface area contributed by atoms with Crippen LogP contribution in [0.15, 0.2) is 54.6 Å². The number of nitrogens with one attached hydrogen (secondary N) is 2. The number of nitrogen functional groups attached to an aromatic ring is 1. The van der Waals surface area contributed by atoms with E-state index < -0.39 is 0 Å². The van der Waals surface area contributed by atoms with Crippen molar-refractivity contribution in [1.29, 1.82) is 10.7 Å². The van der Waals surface area contributed by atoms with Crippen molar-refractivity contribution >= 4 is 17.1 Å². The molecule has 4 rings (SSSR count). The molecule has 3 aromatic carbocycles. The third-order valence-corrected chi connectivity index (χ3v) is 5.89. The van der Waals surface area contributed by atoms with Gasteiger partial charge in [0.15, 0.2) is 0 Å². The van der Waals surface area contributed by atoms with E-state index in [4.69, 9.17) is 20.6 Å². The van der Waals surface area contributed by atoms with Gasteiger partial charge in [0.2, 0.25) is 0 Å². The van der Waals surface area contributed by atoms with Crippen molar-refractivity contribution in [2.75, 3.05) is 25.3 Å². The van der Waals surface area contributed by atoms with Crippen LogP contribution in [0, 0.1) is 16.7 Å². The summed E-state index contributed by atoms with van der Waals surface area (Å²) in [4.78, 5) is 0. The second-order valence-corrected chi connectivity index (χ2v) is 7.89. The first-order chi connectivity index (χ1) is 15.5. The molecule has 0 fully saturated rings. The second kappa shape index (κ2) is 9.03. The van der Waals surface area contributed by atoms with Gasteiger partial charge in [0.1, 0.15) is 11.5 Å². The van der Waals surface area contributed by atoms with E-state index in [0.717, 1.165) is 24.9 Å². The number of rotatable bonds is 6. The standard InChI is InChI=1S/C26H26N4O2/c1-31-20-11-18(12-21(14-20)32-2)26(29)23-13-19(7-9-24(23)28)30-25-5-3-4-17-10-16(15-27)6-8-22(17)25/h6-14,25,29-30H,3-5,28H2,1-2H3. The number of ether oxygens (including phenoxy) is 2. The summed E-state index contributed by atoms with van der Waals surface area (Å²) in [7, 11) is 3.17. The van der Waals surface area contributed by atoms with Gasteiger partial charge in [-0.2, -0.15) is 5.26 Å². The number of benzene rings is 3. The Morgan fingerprint density at radius 3 is 2.50 bits per heavy atom. The van der Waals surface area contributed by atoms with Crippen LogP contribution < -0.4 is 20.5 Å². The molecule has 0 saturated heterocycles. The van der Waals surface area contributed by atoms with E-state index in [9.17, 15) is 5.26 Å². The number of hydrogen-bond acceptors (Lipinski definition) is 6. The first kappa shape index (κ1) is 21.3. The van der Waals surface area contributed by atoms with Crippen molar-refractivity contribution in [3.05, 3.63) is 82.4 Å². The molecule has 6 heteroatoms. The highest BCUT2D eigenvalue weighted by Crippen LogP contribution is 2.34. The lowest BCUT2D eigenvalue weighted by Crippen LogP contribution is -2.18. The maximum atomic E-state index is 9.20. The number of nitrogens with two attached hydrogens (primary N) is 1. The zero-order valence-electron chi connectivity index (χ0n) is 18.2. The molecular weight excluding hydrogens is 400 g/mol.